The predicted molar refractivity (Wildman–Crippen MR) is 83.7 cm³/mol. The van der Waals surface area contributed by atoms with Crippen LogP contribution in [0.2, 0.25) is 0 Å². The molecule has 0 saturated carbocycles. The third-order valence-corrected chi connectivity index (χ3v) is 2.90. The molecule has 126 valence electrons. The Labute approximate surface area is 130 Å². The van der Waals surface area contributed by atoms with Crippen LogP contribution in [-0.4, -0.2) is 44.1 Å². The molecule has 22 heavy (non-hydrogen) atoms. The fraction of sp³-hybridized carbons (Fsp3) is 0.733. The van der Waals surface area contributed by atoms with Crippen LogP contribution in [-0.2, 0) is 17.8 Å². The zero-order chi connectivity index (χ0) is 17.1. The highest BCUT2D eigenvalue weighted by Crippen LogP contribution is 2.11. The summed E-state index contributed by atoms with van der Waals surface area (Å²) in [5, 5.41) is 12.7. The number of amides is 1. The quantitative estimate of drug-likeness (QED) is 0.866. The zero-order valence-corrected chi connectivity index (χ0v) is 14.3. The highest BCUT2D eigenvalue weighted by atomic mass is 16.6. The van der Waals surface area contributed by atoms with Gasteiger partial charge >= 0.3 is 6.09 Å². The maximum absolute atomic E-state index is 11.9. The summed E-state index contributed by atoms with van der Waals surface area (Å²) < 4.78 is 6.68. The van der Waals surface area contributed by atoms with Gasteiger partial charge in [-0.15, -0.1) is 0 Å². The molecule has 1 amide bonds. The lowest BCUT2D eigenvalue weighted by Gasteiger charge is -2.24. The molecule has 0 radical (unpaired) electrons. The Hall–Kier alpha value is -1.76. The number of aromatic nitrogens is 2. The van der Waals surface area contributed by atoms with Crippen molar-refractivity contribution in [2.45, 2.75) is 65.3 Å². The van der Waals surface area contributed by atoms with E-state index in [1.807, 2.05) is 0 Å². The molecule has 0 fully saturated rings. The van der Waals surface area contributed by atoms with Crippen LogP contribution in [0.3, 0.4) is 0 Å². The van der Waals surface area contributed by atoms with Gasteiger partial charge in [0.15, 0.2) is 0 Å². The first-order chi connectivity index (χ1) is 9.87. The van der Waals surface area contributed by atoms with Gasteiger partial charge in [-0.2, -0.15) is 0 Å². The maximum atomic E-state index is 11.9. The number of rotatable bonds is 5. The SMILES string of the molecule is CN(Cc1cc(=O)n(CCC(C)(C)O)[nH]1)C(=O)OC(C)(C)C. The summed E-state index contributed by atoms with van der Waals surface area (Å²) in [7, 11) is 1.61. The molecule has 1 aromatic heterocycles. The fourth-order valence-electron chi connectivity index (χ4n) is 1.78. The molecule has 0 atom stereocenters. The van der Waals surface area contributed by atoms with E-state index >= 15 is 0 Å². The first-order valence-electron chi connectivity index (χ1n) is 7.33. The van der Waals surface area contributed by atoms with Gasteiger partial charge < -0.3 is 14.7 Å². The summed E-state index contributed by atoms with van der Waals surface area (Å²) in [6.07, 6.45) is 0.00646. The van der Waals surface area contributed by atoms with E-state index in [-0.39, 0.29) is 12.1 Å². The average molecular weight is 313 g/mol. The van der Waals surface area contributed by atoms with Crippen molar-refractivity contribution in [1.82, 2.24) is 14.7 Å². The number of aromatic amines is 1. The third kappa shape index (κ3) is 6.34. The van der Waals surface area contributed by atoms with Crippen molar-refractivity contribution >= 4 is 6.09 Å². The van der Waals surface area contributed by atoms with Gasteiger partial charge in [0, 0.05) is 19.7 Å². The Bertz CT molecular complexity index is 561. The van der Waals surface area contributed by atoms with Crippen LogP contribution >= 0.6 is 0 Å². The lowest BCUT2D eigenvalue weighted by Crippen LogP contribution is -2.33. The van der Waals surface area contributed by atoms with Crippen molar-refractivity contribution in [2.24, 2.45) is 0 Å². The lowest BCUT2D eigenvalue weighted by molar-refractivity contribution is 0.0283. The number of aryl methyl sites for hydroxylation is 1. The Kier molecular flexibility index (Phi) is 5.45. The maximum Gasteiger partial charge on any atom is 0.410 e. The van der Waals surface area contributed by atoms with Crippen molar-refractivity contribution < 1.29 is 14.6 Å². The molecule has 0 spiro atoms. The van der Waals surface area contributed by atoms with Gasteiger partial charge in [0.05, 0.1) is 17.8 Å². The van der Waals surface area contributed by atoms with E-state index in [1.165, 1.54) is 15.6 Å². The average Bonchev–Trinajstić information content (AvgIpc) is 2.63. The van der Waals surface area contributed by atoms with Crippen LogP contribution in [0.25, 0.3) is 0 Å². The lowest BCUT2D eigenvalue weighted by atomic mass is 10.1. The van der Waals surface area contributed by atoms with E-state index in [2.05, 4.69) is 5.10 Å². The molecule has 1 heterocycles. The molecule has 7 nitrogen and oxygen atoms in total. The molecule has 0 aliphatic carbocycles. The molecule has 2 N–H and O–H groups in total. The summed E-state index contributed by atoms with van der Waals surface area (Å²) in [6, 6.07) is 1.45. The highest BCUT2D eigenvalue weighted by molar-refractivity contribution is 5.67. The Morgan fingerprint density at radius 1 is 1.36 bits per heavy atom. The number of hydrogen-bond acceptors (Lipinski definition) is 4. The van der Waals surface area contributed by atoms with Gasteiger partial charge in [-0.1, -0.05) is 0 Å². The second kappa shape index (κ2) is 6.56. The summed E-state index contributed by atoms with van der Waals surface area (Å²) >= 11 is 0. The van der Waals surface area contributed by atoms with Gasteiger partial charge in [-0.3, -0.25) is 14.6 Å². The smallest absolute Gasteiger partial charge is 0.410 e. The second-order valence-electron chi connectivity index (χ2n) is 7.17. The Morgan fingerprint density at radius 2 is 1.95 bits per heavy atom. The van der Waals surface area contributed by atoms with E-state index < -0.39 is 17.3 Å². The first-order valence-corrected chi connectivity index (χ1v) is 7.33. The van der Waals surface area contributed by atoms with Crippen molar-refractivity contribution in [3.63, 3.8) is 0 Å². The van der Waals surface area contributed by atoms with Crippen LogP contribution in [0.1, 0.15) is 46.7 Å². The van der Waals surface area contributed by atoms with Crippen molar-refractivity contribution in [1.29, 1.82) is 0 Å². The third-order valence-electron chi connectivity index (χ3n) is 2.90. The van der Waals surface area contributed by atoms with Gasteiger partial charge in [-0.25, -0.2) is 4.79 Å². The summed E-state index contributed by atoms with van der Waals surface area (Å²) in [5.74, 6) is 0. The Morgan fingerprint density at radius 3 is 2.45 bits per heavy atom. The largest absolute Gasteiger partial charge is 0.444 e. The van der Waals surface area contributed by atoms with E-state index in [1.54, 1.807) is 41.7 Å². The normalized spacial score (nSPS) is 12.3. The minimum Gasteiger partial charge on any atom is -0.444 e. The second-order valence-corrected chi connectivity index (χ2v) is 7.17. The molecule has 1 rings (SSSR count). The zero-order valence-electron chi connectivity index (χ0n) is 14.3. The van der Waals surface area contributed by atoms with E-state index in [0.717, 1.165) is 0 Å². The summed E-state index contributed by atoms with van der Waals surface area (Å²) in [5.41, 5.74) is -0.957. The molecule has 0 saturated heterocycles. The highest BCUT2D eigenvalue weighted by Gasteiger charge is 2.20. The van der Waals surface area contributed by atoms with Crippen LogP contribution in [0.15, 0.2) is 10.9 Å². The number of aliphatic hydroxyl groups is 1. The molecule has 7 heteroatoms. The van der Waals surface area contributed by atoms with Crippen molar-refractivity contribution in [2.75, 3.05) is 7.05 Å². The fourth-order valence-corrected chi connectivity index (χ4v) is 1.78. The van der Waals surface area contributed by atoms with E-state index in [0.29, 0.717) is 18.7 Å². The number of carbonyl (C=O) groups excluding carboxylic acids is 1. The summed E-state index contributed by atoms with van der Waals surface area (Å²) in [4.78, 5) is 25.1. The summed E-state index contributed by atoms with van der Waals surface area (Å²) in [6.45, 7) is 9.42. The van der Waals surface area contributed by atoms with Crippen molar-refractivity contribution in [3.05, 3.63) is 22.1 Å². The number of nitrogens with zero attached hydrogens (tertiary/aromatic N) is 2. The molecule has 0 bridgehead atoms. The molecule has 0 aliphatic heterocycles. The molecular weight excluding hydrogens is 286 g/mol. The standard InChI is InChI=1S/C15H27N3O4/c1-14(2,3)22-13(20)17(6)10-11-9-12(19)18(16-11)8-7-15(4,5)21/h9,16,21H,7-8,10H2,1-6H3. The predicted octanol–water partition coefficient (Wildman–Crippen LogP) is 1.70. The van der Waals surface area contributed by atoms with Gasteiger partial charge in [-0.05, 0) is 41.0 Å². The van der Waals surface area contributed by atoms with Crippen molar-refractivity contribution in [3.8, 4) is 0 Å². The minimum atomic E-state index is -0.835. The minimum absolute atomic E-state index is 0.183. The molecule has 1 aromatic rings. The number of nitrogens with one attached hydrogen (secondary N) is 1. The van der Waals surface area contributed by atoms with Crippen LogP contribution < -0.4 is 5.56 Å². The van der Waals surface area contributed by atoms with Gasteiger partial charge in [0.25, 0.3) is 5.56 Å². The number of H-pyrrole nitrogens is 1. The molecule has 0 unspecified atom stereocenters. The number of carbonyl (C=O) groups is 1. The van der Waals surface area contributed by atoms with Crippen LogP contribution in [0.4, 0.5) is 4.79 Å². The molecule has 0 aliphatic rings. The number of ether oxygens (including phenoxy) is 1. The molecule has 0 aromatic carbocycles. The topological polar surface area (TPSA) is 87.6 Å². The van der Waals surface area contributed by atoms with Crippen LogP contribution in [0, 0.1) is 0 Å². The van der Waals surface area contributed by atoms with E-state index in [9.17, 15) is 14.7 Å². The Balaban J connectivity index is 2.67. The van der Waals surface area contributed by atoms with Gasteiger partial charge in [0.2, 0.25) is 0 Å². The number of hydrogen-bond donors (Lipinski definition) is 2. The van der Waals surface area contributed by atoms with Crippen LogP contribution in [0.5, 0.6) is 0 Å². The van der Waals surface area contributed by atoms with E-state index in [4.69, 9.17) is 4.74 Å². The monoisotopic (exact) mass is 313 g/mol. The van der Waals surface area contributed by atoms with Gasteiger partial charge in [0.1, 0.15) is 5.60 Å². The first kappa shape index (κ1) is 18.3. The molecular formula is C15H27N3O4.